The molecule has 0 aliphatic heterocycles. The van der Waals surface area contributed by atoms with Crippen LogP contribution in [0.4, 0.5) is 0 Å². The molecule has 1 aromatic heterocycles. The van der Waals surface area contributed by atoms with Crippen LogP contribution in [0.15, 0.2) is 70.7 Å². The Hall–Kier alpha value is -2.73. The lowest BCUT2D eigenvalue weighted by Crippen LogP contribution is -2.32. The van der Waals surface area contributed by atoms with Crippen LogP contribution < -0.4 is 9.46 Å². The number of imidazole rings is 1. The second kappa shape index (κ2) is 10.0. The zero-order chi connectivity index (χ0) is 24.2. The van der Waals surface area contributed by atoms with Crippen molar-refractivity contribution in [2.75, 3.05) is 20.2 Å². The average Bonchev–Trinajstić information content (AvgIpc) is 3.23. The van der Waals surface area contributed by atoms with E-state index in [0.717, 1.165) is 0 Å². The van der Waals surface area contributed by atoms with E-state index in [-0.39, 0.29) is 9.79 Å². The van der Waals surface area contributed by atoms with Crippen molar-refractivity contribution in [3.8, 4) is 5.75 Å². The summed E-state index contributed by atoms with van der Waals surface area (Å²) in [4.78, 5) is 4.31. The summed E-state index contributed by atoms with van der Waals surface area (Å²) in [6.07, 6.45) is 3.31. The fourth-order valence-electron chi connectivity index (χ4n) is 3.47. The maximum Gasteiger partial charge on any atom is 0.243 e. The average molecular weight is 493 g/mol. The Morgan fingerprint density at radius 3 is 2.21 bits per heavy atom. The zero-order valence-electron chi connectivity index (χ0n) is 19.0. The maximum absolute atomic E-state index is 13.2. The Balaban J connectivity index is 1.97. The summed E-state index contributed by atoms with van der Waals surface area (Å²) in [7, 11) is -4.39. The molecule has 2 aromatic carbocycles. The smallest absolute Gasteiger partial charge is 0.243 e. The van der Waals surface area contributed by atoms with E-state index in [2.05, 4.69) is 9.71 Å². The summed E-state index contributed by atoms with van der Waals surface area (Å²) in [5.74, 6) is 1.07. The van der Waals surface area contributed by atoms with Gasteiger partial charge in [-0.3, -0.25) is 0 Å². The van der Waals surface area contributed by atoms with Crippen LogP contribution in [-0.2, 0) is 27.1 Å². The second-order valence-electron chi connectivity index (χ2n) is 7.29. The summed E-state index contributed by atoms with van der Waals surface area (Å²) in [5, 5.41) is 0. The first kappa shape index (κ1) is 24.9. The summed E-state index contributed by atoms with van der Waals surface area (Å²) in [6, 6.07) is 11.5. The molecule has 1 N–H and O–H groups in total. The Morgan fingerprint density at radius 2 is 1.67 bits per heavy atom. The molecule has 3 aromatic rings. The molecule has 0 radical (unpaired) electrons. The zero-order valence-corrected chi connectivity index (χ0v) is 20.6. The van der Waals surface area contributed by atoms with Gasteiger partial charge in [0.15, 0.2) is 0 Å². The number of aryl methyl sites for hydroxylation is 1. The number of benzene rings is 2. The molecule has 0 spiro atoms. The first-order valence-electron chi connectivity index (χ1n) is 10.4. The fourth-order valence-corrected chi connectivity index (χ4v) is 6.11. The number of nitrogens with zero attached hydrogens (tertiary/aromatic N) is 3. The van der Waals surface area contributed by atoms with Crippen molar-refractivity contribution >= 4 is 20.0 Å². The summed E-state index contributed by atoms with van der Waals surface area (Å²) in [6.45, 7) is 4.15. The third-order valence-corrected chi connectivity index (χ3v) is 8.80. The van der Waals surface area contributed by atoms with Crippen molar-refractivity contribution in [3.05, 3.63) is 72.3 Å². The Morgan fingerprint density at radius 1 is 1.03 bits per heavy atom. The summed E-state index contributed by atoms with van der Waals surface area (Å²) in [5.41, 5.74) is 0.646. The van der Waals surface area contributed by atoms with Gasteiger partial charge in [0, 0.05) is 32.5 Å². The number of nitrogens with one attached hydrogen (secondary N) is 1. The molecule has 1 unspecified atom stereocenters. The standard InChI is InChI=1S/C22H28N4O5S2/c1-5-26(6-2)33(29,30)20-12-10-19(11-13-20)32(27,28)24-21(22-23-14-15-25(22)3)17-8-7-9-18(16-17)31-4/h7-16,21,24H,5-6H2,1-4H3. The normalized spacial score (nSPS) is 13.2. The lowest BCUT2D eigenvalue weighted by atomic mass is 10.1. The first-order chi connectivity index (χ1) is 15.6. The van der Waals surface area contributed by atoms with Crippen LogP contribution in [0.25, 0.3) is 0 Å². The third-order valence-electron chi connectivity index (χ3n) is 5.29. The molecule has 178 valence electrons. The van der Waals surface area contributed by atoms with E-state index in [1.54, 1.807) is 62.1 Å². The van der Waals surface area contributed by atoms with E-state index in [1.807, 2.05) is 0 Å². The van der Waals surface area contributed by atoms with Gasteiger partial charge in [-0.1, -0.05) is 26.0 Å². The largest absolute Gasteiger partial charge is 0.497 e. The second-order valence-corrected chi connectivity index (χ2v) is 10.9. The number of sulfonamides is 2. The van der Waals surface area contributed by atoms with Crippen molar-refractivity contribution in [1.82, 2.24) is 18.6 Å². The van der Waals surface area contributed by atoms with Gasteiger partial charge in [-0.25, -0.2) is 21.8 Å². The molecule has 9 nitrogen and oxygen atoms in total. The predicted molar refractivity (Wildman–Crippen MR) is 125 cm³/mol. The minimum Gasteiger partial charge on any atom is -0.497 e. The van der Waals surface area contributed by atoms with E-state index < -0.39 is 26.1 Å². The van der Waals surface area contributed by atoms with Crippen LogP contribution in [0.5, 0.6) is 5.75 Å². The molecule has 11 heteroatoms. The van der Waals surface area contributed by atoms with E-state index >= 15 is 0 Å². The van der Waals surface area contributed by atoms with Gasteiger partial charge in [0.1, 0.15) is 17.6 Å². The topological polar surface area (TPSA) is 111 Å². The molecule has 0 aliphatic carbocycles. The molecule has 0 amide bonds. The molecule has 0 saturated heterocycles. The van der Waals surface area contributed by atoms with E-state index in [0.29, 0.717) is 30.2 Å². The molecule has 1 atom stereocenters. The minimum atomic E-state index is -4.02. The van der Waals surface area contributed by atoms with Crippen molar-refractivity contribution < 1.29 is 21.6 Å². The van der Waals surface area contributed by atoms with Crippen LogP contribution in [0.1, 0.15) is 31.3 Å². The molecule has 3 rings (SSSR count). The number of hydrogen-bond donors (Lipinski definition) is 1. The maximum atomic E-state index is 13.2. The number of aromatic nitrogens is 2. The van der Waals surface area contributed by atoms with Crippen LogP contribution in [0, 0.1) is 0 Å². The van der Waals surface area contributed by atoms with Crippen molar-refractivity contribution in [1.29, 1.82) is 0 Å². The number of rotatable bonds is 10. The van der Waals surface area contributed by atoms with Gasteiger partial charge in [-0.05, 0) is 42.0 Å². The monoisotopic (exact) mass is 492 g/mol. The quantitative estimate of drug-likeness (QED) is 0.466. The van der Waals surface area contributed by atoms with Gasteiger partial charge < -0.3 is 9.30 Å². The predicted octanol–water partition coefficient (Wildman–Crippen LogP) is 2.53. The van der Waals surface area contributed by atoms with E-state index in [1.165, 1.54) is 35.7 Å². The van der Waals surface area contributed by atoms with Crippen LogP contribution in [0.2, 0.25) is 0 Å². The van der Waals surface area contributed by atoms with Gasteiger partial charge in [0.05, 0.1) is 16.9 Å². The molecule has 0 fully saturated rings. The van der Waals surface area contributed by atoms with Crippen molar-refractivity contribution in [2.45, 2.75) is 29.7 Å². The van der Waals surface area contributed by atoms with E-state index in [4.69, 9.17) is 4.74 Å². The highest BCUT2D eigenvalue weighted by Crippen LogP contribution is 2.27. The van der Waals surface area contributed by atoms with Crippen molar-refractivity contribution in [2.24, 2.45) is 7.05 Å². The Labute approximate surface area is 195 Å². The highest BCUT2D eigenvalue weighted by atomic mass is 32.2. The highest BCUT2D eigenvalue weighted by Gasteiger charge is 2.27. The molecular formula is C22H28N4O5S2. The van der Waals surface area contributed by atoms with Crippen LogP contribution in [-0.4, -0.2) is 50.9 Å². The van der Waals surface area contributed by atoms with Crippen LogP contribution >= 0.6 is 0 Å². The molecule has 0 aliphatic rings. The van der Waals surface area contributed by atoms with E-state index in [9.17, 15) is 16.8 Å². The number of ether oxygens (including phenoxy) is 1. The first-order valence-corrected chi connectivity index (χ1v) is 13.3. The van der Waals surface area contributed by atoms with Crippen molar-refractivity contribution in [3.63, 3.8) is 0 Å². The van der Waals surface area contributed by atoms with Gasteiger partial charge >= 0.3 is 0 Å². The summed E-state index contributed by atoms with van der Waals surface area (Å²) < 4.78 is 62.9. The summed E-state index contributed by atoms with van der Waals surface area (Å²) >= 11 is 0. The third kappa shape index (κ3) is 5.27. The SMILES string of the molecule is CCN(CC)S(=O)(=O)c1ccc(S(=O)(=O)NC(c2cccc(OC)c2)c2nccn2C)cc1. The molecular weight excluding hydrogens is 464 g/mol. The number of hydrogen-bond acceptors (Lipinski definition) is 6. The lowest BCUT2D eigenvalue weighted by molar-refractivity contribution is 0.413. The van der Waals surface area contributed by atoms with Gasteiger partial charge in [0.25, 0.3) is 0 Å². The fraction of sp³-hybridized carbons (Fsp3) is 0.318. The number of methoxy groups -OCH3 is 1. The Kier molecular flexibility index (Phi) is 7.58. The van der Waals surface area contributed by atoms with Gasteiger partial charge in [-0.2, -0.15) is 9.03 Å². The minimum absolute atomic E-state index is 0.0404. The molecule has 1 heterocycles. The Bertz CT molecular complexity index is 1300. The van der Waals surface area contributed by atoms with Crippen LogP contribution in [0.3, 0.4) is 0 Å². The molecule has 0 saturated carbocycles. The lowest BCUT2D eigenvalue weighted by Gasteiger charge is -2.20. The molecule has 33 heavy (non-hydrogen) atoms. The van der Waals surface area contributed by atoms with Gasteiger partial charge in [0.2, 0.25) is 20.0 Å². The van der Waals surface area contributed by atoms with Gasteiger partial charge in [-0.15, -0.1) is 0 Å². The highest BCUT2D eigenvalue weighted by molar-refractivity contribution is 7.89. The molecule has 0 bridgehead atoms.